The number of rotatable bonds is 6. The molecule has 3 heteroatoms. The lowest BCUT2D eigenvalue weighted by molar-refractivity contribution is -0.111. The molecular formula is C8H17NOS. The van der Waals surface area contributed by atoms with Crippen molar-refractivity contribution in [2.24, 2.45) is 5.73 Å². The van der Waals surface area contributed by atoms with Gasteiger partial charge in [0.05, 0.1) is 0 Å². The summed E-state index contributed by atoms with van der Waals surface area (Å²) in [5, 5.41) is 0.295. The number of hydrogen-bond acceptors (Lipinski definition) is 3. The Labute approximate surface area is 72.9 Å². The fraction of sp³-hybridized carbons (Fsp3) is 0.875. The summed E-state index contributed by atoms with van der Waals surface area (Å²) < 4.78 is 0. The van der Waals surface area contributed by atoms with Crippen LogP contribution in [0.4, 0.5) is 0 Å². The molecule has 0 aromatic heterocycles. The van der Waals surface area contributed by atoms with Gasteiger partial charge in [0.1, 0.15) is 0 Å². The summed E-state index contributed by atoms with van der Waals surface area (Å²) in [5.74, 6) is 0.769. The molecule has 11 heavy (non-hydrogen) atoms. The van der Waals surface area contributed by atoms with Crippen LogP contribution in [0.3, 0.4) is 0 Å². The first kappa shape index (κ1) is 11.0. The lowest BCUT2D eigenvalue weighted by Crippen LogP contribution is -2.04. The predicted octanol–water partition coefficient (Wildman–Crippen LogP) is 1.79. The largest absolute Gasteiger partial charge is 0.330 e. The van der Waals surface area contributed by atoms with Crippen LogP contribution in [0, 0.1) is 0 Å². The van der Waals surface area contributed by atoms with Crippen LogP contribution >= 0.6 is 11.8 Å². The van der Waals surface area contributed by atoms with Crippen LogP contribution in [-0.4, -0.2) is 17.4 Å². The van der Waals surface area contributed by atoms with Crippen LogP contribution in [0.5, 0.6) is 0 Å². The molecule has 0 aromatic rings. The maximum atomic E-state index is 11.0. The van der Waals surface area contributed by atoms with E-state index in [4.69, 9.17) is 5.73 Å². The second kappa shape index (κ2) is 8.08. The molecule has 0 saturated heterocycles. The van der Waals surface area contributed by atoms with E-state index < -0.39 is 0 Å². The number of hydrogen-bond donors (Lipinski definition) is 1. The normalized spacial score (nSPS) is 10.0. The van der Waals surface area contributed by atoms with Gasteiger partial charge in [-0.05, 0) is 6.42 Å². The molecule has 0 saturated carbocycles. The molecule has 0 rings (SSSR count). The van der Waals surface area contributed by atoms with E-state index in [2.05, 4.69) is 6.92 Å². The van der Waals surface area contributed by atoms with Gasteiger partial charge in [-0.15, -0.1) is 0 Å². The lowest BCUT2D eigenvalue weighted by atomic mass is 10.2. The van der Waals surface area contributed by atoms with E-state index in [1.807, 2.05) is 0 Å². The van der Waals surface area contributed by atoms with Crippen molar-refractivity contribution in [3.05, 3.63) is 0 Å². The molecule has 0 aromatic carbocycles. The smallest absolute Gasteiger partial charge is 0.188 e. The summed E-state index contributed by atoms with van der Waals surface area (Å²) in [4.78, 5) is 11.0. The van der Waals surface area contributed by atoms with Gasteiger partial charge in [0.15, 0.2) is 5.12 Å². The topological polar surface area (TPSA) is 43.1 Å². The van der Waals surface area contributed by atoms with Gasteiger partial charge in [0.25, 0.3) is 0 Å². The zero-order valence-corrected chi connectivity index (χ0v) is 7.95. The molecule has 0 spiro atoms. The molecule has 0 aliphatic carbocycles. The van der Waals surface area contributed by atoms with Gasteiger partial charge in [-0.25, -0.2) is 0 Å². The van der Waals surface area contributed by atoms with Gasteiger partial charge in [-0.3, -0.25) is 4.79 Å². The first-order chi connectivity index (χ1) is 5.31. The second-order valence-corrected chi connectivity index (χ2v) is 3.62. The van der Waals surface area contributed by atoms with Gasteiger partial charge < -0.3 is 5.73 Å². The van der Waals surface area contributed by atoms with Gasteiger partial charge in [0.2, 0.25) is 0 Å². The minimum Gasteiger partial charge on any atom is -0.330 e. The van der Waals surface area contributed by atoms with Crippen molar-refractivity contribution in [1.29, 1.82) is 0 Å². The summed E-state index contributed by atoms with van der Waals surface area (Å²) in [6, 6.07) is 0. The fourth-order valence-corrected chi connectivity index (χ4v) is 1.40. The number of carbonyl (C=O) groups is 1. The second-order valence-electron chi connectivity index (χ2n) is 2.47. The predicted molar refractivity (Wildman–Crippen MR) is 50.7 cm³/mol. The van der Waals surface area contributed by atoms with Gasteiger partial charge in [0, 0.05) is 18.7 Å². The molecular weight excluding hydrogens is 158 g/mol. The minimum absolute atomic E-state index is 0.295. The molecule has 0 aliphatic rings. The van der Waals surface area contributed by atoms with E-state index in [1.54, 1.807) is 0 Å². The number of thioether (sulfide) groups is 1. The SMILES string of the molecule is CCCCCC(=O)SCCN. The van der Waals surface area contributed by atoms with Crippen molar-refractivity contribution in [3.63, 3.8) is 0 Å². The Hall–Kier alpha value is -0.0200. The van der Waals surface area contributed by atoms with Crippen molar-refractivity contribution in [1.82, 2.24) is 0 Å². The highest BCUT2D eigenvalue weighted by Gasteiger charge is 1.99. The molecule has 0 aliphatic heterocycles. The third-order valence-corrected chi connectivity index (χ3v) is 2.33. The average molecular weight is 175 g/mol. The Morgan fingerprint density at radius 1 is 1.45 bits per heavy atom. The van der Waals surface area contributed by atoms with Gasteiger partial charge in [-0.2, -0.15) is 0 Å². The molecule has 66 valence electrons. The molecule has 0 bridgehead atoms. The lowest BCUT2D eigenvalue weighted by Gasteiger charge is -1.97. The van der Waals surface area contributed by atoms with Crippen LogP contribution in [0.1, 0.15) is 32.6 Å². The number of carbonyl (C=O) groups excluding carboxylic acids is 1. The highest BCUT2D eigenvalue weighted by Crippen LogP contribution is 2.08. The Bertz CT molecular complexity index is 106. The highest BCUT2D eigenvalue weighted by molar-refractivity contribution is 8.13. The quantitative estimate of drug-likeness (QED) is 0.626. The van der Waals surface area contributed by atoms with Crippen molar-refractivity contribution in [2.45, 2.75) is 32.6 Å². The monoisotopic (exact) mass is 175 g/mol. The summed E-state index contributed by atoms with van der Waals surface area (Å²) in [6.45, 7) is 2.74. The maximum Gasteiger partial charge on any atom is 0.188 e. The van der Waals surface area contributed by atoms with E-state index in [-0.39, 0.29) is 0 Å². The van der Waals surface area contributed by atoms with Crippen molar-refractivity contribution in [2.75, 3.05) is 12.3 Å². The Kier molecular flexibility index (Phi) is 8.07. The Morgan fingerprint density at radius 3 is 2.73 bits per heavy atom. The number of unbranched alkanes of at least 4 members (excludes halogenated alkanes) is 2. The fourth-order valence-electron chi connectivity index (χ4n) is 0.764. The first-order valence-electron chi connectivity index (χ1n) is 4.17. The van der Waals surface area contributed by atoms with Gasteiger partial charge in [-0.1, -0.05) is 31.5 Å². The highest BCUT2D eigenvalue weighted by atomic mass is 32.2. The first-order valence-corrected chi connectivity index (χ1v) is 5.15. The maximum absolute atomic E-state index is 11.0. The van der Waals surface area contributed by atoms with Crippen LogP contribution in [0.25, 0.3) is 0 Å². The van der Waals surface area contributed by atoms with E-state index in [0.717, 1.165) is 25.0 Å². The molecule has 0 amide bonds. The minimum atomic E-state index is 0.295. The van der Waals surface area contributed by atoms with Crippen molar-refractivity contribution >= 4 is 16.9 Å². The number of nitrogens with two attached hydrogens (primary N) is 1. The van der Waals surface area contributed by atoms with E-state index in [0.29, 0.717) is 11.7 Å². The Morgan fingerprint density at radius 2 is 2.18 bits per heavy atom. The van der Waals surface area contributed by atoms with Crippen molar-refractivity contribution in [3.8, 4) is 0 Å². The molecule has 2 nitrogen and oxygen atoms in total. The van der Waals surface area contributed by atoms with Crippen molar-refractivity contribution < 1.29 is 4.79 Å². The zero-order chi connectivity index (χ0) is 8.53. The molecule has 0 unspecified atom stereocenters. The van der Waals surface area contributed by atoms with Crippen LogP contribution in [-0.2, 0) is 4.79 Å². The Balaban J connectivity index is 3.09. The summed E-state index contributed by atoms with van der Waals surface area (Å²) in [5.41, 5.74) is 5.26. The third-order valence-electron chi connectivity index (χ3n) is 1.37. The van der Waals surface area contributed by atoms with Crippen LogP contribution in [0.2, 0.25) is 0 Å². The molecule has 0 atom stereocenters. The summed E-state index contributed by atoms with van der Waals surface area (Å²) >= 11 is 1.36. The molecule has 0 radical (unpaired) electrons. The molecule has 0 fully saturated rings. The summed E-state index contributed by atoms with van der Waals surface area (Å²) in [7, 11) is 0. The molecule has 2 N–H and O–H groups in total. The summed E-state index contributed by atoms with van der Waals surface area (Å²) in [6.07, 6.45) is 4.09. The van der Waals surface area contributed by atoms with E-state index in [9.17, 15) is 4.79 Å². The standard InChI is InChI=1S/C8H17NOS/c1-2-3-4-5-8(10)11-7-6-9/h2-7,9H2,1H3. The van der Waals surface area contributed by atoms with E-state index >= 15 is 0 Å². The van der Waals surface area contributed by atoms with Gasteiger partial charge >= 0.3 is 0 Å². The molecule has 0 heterocycles. The van der Waals surface area contributed by atoms with Crippen LogP contribution < -0.4 is 5.73 Å². The zero-order valence-electron chi connectivity index (χ0n) is 7.14. The third kappa shape index (κ3) is 7.88. The average Bonchev–Trinajstić information content (AvgIpc) is 2.01. The van der Waals surface area contributed by atoms with E-state index in [1.165, 1.54) is 18.2 Å². The van der Waals surface area contributed by atoms with Crippen LogP contribution in [0.15, 0.2) is 0 Å².